The summed E-state index contributed by atoms with van der Waals surface area (Å²) in [6.07, 6.45) is -0.0278. The zero-order chi connectivity index (χ0) is 14.8. The van der Waals surface area contributed by atoms with E-state index in [2.05, 4.69) is 0 Å². The van der Waals surface area contributed by atoms with Crippen LogP contribution in [0.15, 0.2) is 12.1 Å². The standard InChI is InChI=1S/C15H20O4/c1-9-6-7-11(13(10(9)2)14(17)18)8-12(16)19-15(3,4)5/h6-7H,8H2,1-5H3,(H,17,18). The lowest BCUT2D eigenvalue weighted by molar-refractivity contribution is -0.153. The number of ether oxygens (including phenoxy) is 1. The molecule has 0 fully saturated rings. The topological polar surface area (TPSA) is 63.6 Å². The van der Waals surface area contributed by atoms with E-state index < -0.39 is 17.5 Å². The van der Waals surface area contributed by atoms with Gasteiger partial charge in [0, 0.05) is 0 Å². The van der Waals surface area contributed by atoms with E-state index in [4.69, 9.17) is 4.74 Å². The van der Waals surface area contributed by atoms with E-state index in [1.54, 1.807) is 33.8 Å². The molecule has 0 aliphatic rings. The van der Waals surface area contributed by atoms with E-state index in [-0.39, 0.29) is 12.0 Å². The van der Waals surface area contributed by atoms with Gasteiger partial charge in [0.1, 0.15) is 5.60 Å². The van der Waals surface area contributed by atoms with Gasteiger partial charge in [-0.3, -0.25) is 4.79 Å². The number of carbonyl (C=O) groups is 2. The SMILES string of the molecule is Cc1ccc(CC(=O)OC(C)(C)C)c(C(=O)O)c1C. The van der Waals surface area contributed by atoms with Gasteiger partial charge < -0.3 is 9.84 Å². The number of hydrogen-bond donors (Lipinski definition) is 1. The van der Waals surface area contributed by atoms with Gasteiger partial charge in [0.2, 0.25) is 0 Å². The van der Waals surface area contributed by atoms with Gasteiger partial charge >= 0.3 is 11.9 Å². The summed E-state index contributed by atoms with van der Waals surface area (Å²) in [5, 5.41) is 9.26. The second kappa shape index (κ2) is 5.43. The Morgan fingerprint density at radius 2 is 1.79 bits per heavy atom. The van der Waals surface area contributed by atoms with E-state index in [0.717, 1.165) is 5.56 Å². The Morgan fingerprint density at radius 3 is 2.26 bits per heavy atom. The first-order valence-corrected chi connectivity index (χ1v) is 6.16. The van der Waals surface area contributed by atoms with Gasteiger partial charge in [-0.2, -0.15) is 0 Å². The Hall–Kier alpha value is -1.84. The predicted molar refractivity (Wildman–Crippen MR) is 72.4 cm³/mol. The van der Waals surface area contributed by atoms with Crippen molar-refractivity contribution in [2.45, 2.75) is 46.6 Å². The summed E-state index contributed by atoms with van der Waals surface area (Å²) in [7, 11) is 0. The molecule has 0 saturated carbocycles. The maximum Gasteiger partial charge on any atom is 0.336 e. The Balaban J connectivity index is 3.05. The molecule has 1 aromatic rings. The lowest BCUT2D eigenvalue weighted by Gasteiger charge is -2.20. The van der Waals surface area contributed by atoms with Crippen LogP contribution in [0.3, 0.4) is 0 Å². The van der Waals surface area contributed by atoms with Gasteiger partial charge in [-0.1, -0.05) is 12.1 Å². The number of carboxylic acids is 1. The lowest BCUT2D eigenvalue weighted by Crippen LogP contribution is -2.25. The number of aryl methyl sites for hydroxylation is 1. The number of aromatic carboxylic acids is 1. The van der Waals surface area contributed by atoms with Crippen molar-refractivity contribution in [1.82, 2.24) is 0 Å². The molecule has 0 saturated heterocycles. The largest absolute Gasteiger partial charge is 0.478 e. The van der Waals surface area contributed by atoms with Crippen LogP contribution in [0, 0.1) is 13.8 Å². The van der Waals surface area contributed by atoms with E-state index in [1.807, 2.05) is 13.0 Å². The first-order chi connectivity index (χ1) is 8.61. The Kier molecular flexibility index (Phi) is 4.35. The summed E-state index contributed by atoms with van der Waals surface area (Å²) in [4.78, 5) is 23.1. The van der Waals surface area contributed by atoms with E-state index in [9.17, 15) is 14.7 Å². The quantitative estimate of drug-likeness (QED) is 0.853. The van der Waals surface area contributed by atoms with Gasteiger partial charge in [0.05, 0.1) is 12.0 Å². The molecule has 0 aliphatic heterocycles. The van der Waals surface area contributed by atoms with Crippen LogP contribution in [0.4, 0.5) is 0 Å². The normalized spacial score (nSPS) is 11.2. The molecule has 4 nitrogen and oxygen atoms in total. The zero-order valence-corrected chi connectivity index (χ0v) is 12.0. The van der Waals surface area contributed by atoms with Crippen molar-refractivity contribution in [3.8, 4) is 0 Å². The number of carbonyl (C=O) groups excluding carboxylic acids is 1. The van der Waals surface area contributed by atoms with E-state index in [1.165, 1.54) is 0 Å². The van der Waals surface area contributed by atoms with Gasteiger partial charge in [-0.25, -0.2) is 4.79 Å². The molecule has 1 rings (SSSR count). The molecule has 1 N–H and O–H groups in total. The number of hydrogen-bond acceptors (Lipinski definition) is 3. The summed E-state index contributed by atoms with van der Waals surface area (Å²) in [5.74, 6) is -1.43. The molecule has 0 atom stereocenters. The van der Waals surface area contributed by atoms with Crippen molar-refractivity contribution in [2.75, 3.05) is 0 Å². The predicted octanol–water partition coefficient (Wildman–Crippen LogP) is 2.89. The third kappa shape index (κ3) is 4.09. The maximum absolute atomic E-state index is 11.8. The van der Waals surface area contributed by atoms with Gasteiger partial charge in [-0.15, -0.1) is 0 Å². The molecule has 0 heterocycles. The Bertz CT molecular complexity index is 510. The molecule has 0 bridgehead atoms. The van der Waals surface area contributed by atoms with Crippen LogP contribution in [0.25, 0.3) is 0 Å². The van der Waals surface area contributed by atoms with Crippen molar-refractivity contribution in [3.05, 3.63) is 34.4 Å². The fourth-order valence-electron chi connectivity index (χ4n) is 1.85. The molecule has 19 heavy (non-hydrogen) atoms. The Labute approximate surface area is 113 Å². The molecule has 1 aromatic carbocycles. The highest BCUT2D eigenvalue weighted by molar-refractivity contribution is 5.93. The van der Waals surface area contributed by atoms with E-state index in [0.29, 0.717) is 11.1 Å². The minimum absolute atomic E-state index is 0.0278. The summed E-state index contributed by atoms with van der Waals surface area (Å²) in [6.45, 7) is 8.94. The van der Waals surface area contributed by atoms with Gasteiger partial charge in [0.25, 0.3) is 0 Å². The van der Waals surface area contributed by atoms with E-state index >= 15 is 0 Å². The van der Waals surface area contributed by atoms with Crippen LogP contribution in [0.2, 0.25) is 0 Å². The van der Waals surface area contributed by atoms with Crippen molar-refractivity contribution in [3.63, 3.8) is 0 Å². The highest BCUT2D eigenvalue weighted by atomic mass is 16.6. The van der Waals surface area contributed by atoms with Crippen molar-refractivity contribution in [2.24, 2.45) is 0 Å². The maximum atomic E-state index is 11.8. The fraction of sp³-hybridized carbons (Fsp3) is 0.467. The van der Waals surface area contributed by atoms with Crippen molar-refractivity contribution >= 4 is 11.9 Å². The van der Waals surface area contributed by atoms with Gasteiger partial charge in [-0.05, 0) is 51.3 Å². The molecule has 4 heteroatoms. The average molecular weight is 264 g/mol. The number of benzene rings is 1. The summed E-state index contributed by atoms with van der Waals surface area (Å²) < 4.78 is 5.21. The molecule has 0 aromatic heterocycles. The fourth-order valence-corrected chi connectivity index (χ4v) is 1.85. The minimum Gasteiger partial charge on any atom is -0.478 e. The molecule has 0 spiro atoms. The average Bonchev–Trinajstić information content (AvgIpc) is 2.20. The monoisotopic (exact) mass is 264 g/mol. The summed E-state index contributed by atoms with van der Waals surface area (Å²) in [6, 6.07) is 3.50. The first-order valence-electron chi connectivity index (χ1n) is 6.16. The molecular weight excluding hydrogens is 244 g/mol. The second-order valence-electron chi connectivity index (χ2n) is 5.61. The number of esters is 1. The van der Waals surface area contributed by atoms with Crippen LogP contribution in [0.5, 0.6) is 0 Å². The molecule has 0 unspecified atom stereocenters. The molecule has 0 radical (unpaired) electrons. The number of carboxylic acid groups (broad SMARTS) is 1. The first kappa shape index (κ1) is 15.2. The minimum atomic E-state index is -1.01. The lowest BCUT2D eigenvalue weighted by atomic mass is 9.96. The summed E-state index contributed by atoms with van der Waals surface area (Å²) >= 11 is 0. The van der Waals surface area contributed by atoms with Crippen LogP contribution < -0.4 is 0 Å². The zero-order valence-electron chi connectivity index (χ0n) is 12.0. The van der Waals surface area contributed by atoms with Crippen LogP contribution in [-0.2, 0) is 16.0 Å². The molecule has 104 valence electrons. The smallest absolute Gasteiger partial charge is 0.336 e. The summed E-state index contributed by atoms with van der Waals surface area (Å²) in [5.41, 5.74) is 1.70. The third-order valence-electron chi connectivity index (χ3n) is 2.79. The van der Waals surface area contributed by atoms with Crippen molar-refractivity contribution in [1.29, 1.82) is 0 Å². The highest BCUT2D eigenvalue weighted by Crippen LogP contribution is 2.20. The van der Waals surface area contributed by atoms with Crippen molar-refractivity contribution < 1.29 is 19.4 Å². The van der Waals surface area contributed by atoms with Gasteiger partial charge in [0.15, 0.2) is 0 Å². The molecule has 0 aliphatic carbocycles. The Morgan fingerprint density at radius 1 is 1.21 bits per heavy atom. The third-order valence-corrected chi connectivity index (χ3v) is 2.79. The van der Waals surface area contributed by atoms with Crippen LogP contribution in [-0.4, -0.2) is 22.6 Å². The highest BCUT2D eigenvalue weighted by Gasteiger charge is 2.21. The van der Waals surface area contributed by atoms with Crippen LogP contribution in [0.1, 0.15) is 47.8 Å². The molecule has 0 amide bonds. The number of rotatable bonds is 3. The second-order valence-corrected chi connectivity index (χ2v) is 5.61. The van der Waals surface area contributed by atoms with Crippen LogP contribution >= 0.6 is 0 Å². The molecular formula is C15H20O4.